The number of carboxylic acids is 3. The Morgan fingerprint density at radius 2 is 1.33 bits per heavy atom. The fraction of sp³-hybridized carbons (Fsp3) is 0.571. The summed E-state index contributed by atoms with van der Waals surface area (Å²) >= 11 is 0. The summed E-state index contributed by atoms with van der Waals surface area (Å²) in [5.41, 5.74) is 0. The van der Waals surface area contributed by atoms with Gasteiger partial charge in [-0.3, -0.25) is 0 Å². The summed E-state index contributed by atoms with van der Waals surface area (Å²) in [5, 5.41) is 45.9. The van der Waals surface area contributed by atoms with Crippen LogP contribution in [0.4, 0.5) is 13.2 Å². The van der Waals surface area contributed by atoms with E-state index < -0.39 is 43.7 Å². The predicted molar refractivity (Wildman–Crippen MR) is 52.5 cm³/mol. The number of halogens is 3. The summed E-state index contributed by atoms with van der Waals surface area (Å²) < 4.78 is 34.6. The summed E-state index contributed by atoms with van der Waals surface area (Å²) in [6.45, 7) is 0.801. The normalized spacial score (nSPS) is 10.4. The summed E-state index contributed by atoms with van der Waals surface area (Å²) in [7, 11) is -2.17. The first kappa shape index (κ1) is 28.0. The molecule has 0 aliphatic heterocycles. The molecular weight excluding hydrogens is 303 g/mol. The van der Waals surface area contributed by atoms with Crippen LogP contribution in [0.1, 0.15) is 13.3 Å². The molecule has 0 aliphatic carbocycles. The predicted octanol–water partition coefficient (Wildman–Crippen LogP) is -5.57. The maximum absolute atomic E-state index is 11.5. The van der Waals surface area contributed by atoms with Crippen LogP contribution in [0.5, 0.6) is 0 Å². The van der Waals surface area contributed by atoms with E-state index >= 15 is 0 Å². The average Bonchev–Trinajstić information content (AvgIpc) is 2.14. The SMILES string of the molecule is CC(CC(=O)[O-])C(F)(F)F.O=C(O)C(=O)O.OB(O)O.[Li+]. The van der Waals surface area contributed by atoms with Crippen LogP contribution >= 0.6 is 0 Å². The summed E-state index contributed by atoms with van der Waals surface area (Å²) in [4.78, 5) is 27.8. The molecule has 1 unspecified atom stereocenters. The third-order valence-electron chi connectivity index (χ3n) is 1.21. The Kier molecular flexibility index (Phi) is 18.3. The molecule has 0 spiro atoms. The van der Waals surface area contributed by atoms with Gasteiger partial charge in [0.25, 0.3) is 0 Å². The minimum absolute atomic E-state index is 0. The van der Waals surface area contributed by atoms with Crippen molar-refractivity contribution in [1.82, 2.24) is 0 Å². The smallest absolute Gasteiger partial charge is 0.550 e. The van der Waals surface area contributed by atoms with Crippen LogP contribution in [0, 0.1) is 5.92 Å². The van der Waals surface area contributed by atoms with Gasteiger partial charge in [-0.15, -0.1) is 0 Å². The van der Waals surface area contributed by atoms with Crippen LogP contribution in [0.2, 0.25) is 0 Å². The fourth-order valence-corrected chi connectivity index (χ4v) is 0.366. The second-order valence-electron chi connectivity index (χ2n) is 2.98. The van der Waals surface area contributed by atoms with E-state index in [1.165, 1.54) is 0 Å². The first-order valence-electron chi connectivity index (χ1n) is 4.48. The van der Waals surface area contributed by atoms with Gasteiger partial charge in [0, 0.05) is 5.97 Å². The molecule has 0 amide bonds. The van der Waals surface area contributed by atoms with Crippen LogP contribution in [0.3, 0.4) is 0 Å². The zero-order chi connectivity index (χ0) is 17.1. The molecule has 5 N–H and O–H groups in total. The molecule has 21 heavy (non-hydrogen) atoms. The number of carbonyl (C=O) groups excluding carboxylic acids is 1. The number of aliphatic carboxylic acids is 3. The molecular formula is C7H11BF3LiO9. The zero-order valence-corrected chi connectivity index (χ0v) is 10.9. The van der Waals surface area contributed by atoms with Crippen molar-refractivity contribution in [2.24, 2.45) is 5.92 Å². The number of hydrogen-bond donors (Lipinski definition) is 5. The van der Waals surface area contributed by atoms with E-state index in [4.69, 9.17) is 34.9 Å². The third kappa shape index (κ3) is 32.4. The van der Waals surface area contributed by atoms with Crippen molar-refractivity contribution in [3.05, 3.63) is 0 Å². The molecule has 0 bridgehead atoms. The molecule has 0 radical (unpaired) electrons. The maximum Gasteiger partial charge on any atom is 1.00 e. The first-order valence-corrected chi connectivity index (χ1v) is 4.48. The number of hydrogen-bond acceptors (Lipinski definition) is 7. The van der Waals surface area contributed by atoms with Gasteiger partial charge in [-0.2, -0.15) is 13.2 Å². The van der Waals surface area contributed by atoms with E-state index in [9.17, 15) is 23.1 Å². The Morgan fingerprint density at radius 3 is 1.38 bits per heavy atom. The van der Waals surface area contributed by atoms with Gasteiger partial charge in [0.1, 0.15) is 0 Å². The number of carbonyl (C=O) groups is 3. The van der Waals surface area contributed by atoms with Crippen LogP contribution in [-0.2, 0) is 14.4 Å². The molecule has 0 fully saturated rings. The summed E-state index contributed by atoms with van der Waals surface area (Å²) in [6, 6.07) is 0. The third-order valence-corrected chi connectivity index (χ3v) is 1.21. The molecule has 1 atom stereocenters. The quantitative estimate of drug-likeness (QED) is 0.246. The van der Waals surface area contributed by atoms with Gasteiger partial charge in [-0.1, -0.05) is 6.92 Å². The van der Waals surface area contributed by atoms with Crippen LogP contribution < -0.4 is 24.0 Å². The van der Waals surface area contributed by atoms with Crippen molar-refractivity contribution < 1.29 is 76.8 Å². The number of alkyl halides is 3. The van der Waals surface area contributed by atoms with Crippen LogP contribution in [0.25, 0.3) is 0 Å². The van der Waals surface area contributed by atoms with Gasteiger partial charge in [-0.25, -0.2) is 9.59 Å². The zero-order valence-electron chi connectivity index (χ0n) is 10.9. The Hall–Kier alpha value is -1.26. The van der Waals surface area contributed by atoms with E-state index in [0.717, 1.165) is 6.92 Å². The molecule has 0 aromatic carbocycles. The topological polar surface area (TPSA) is 175 Å². The monoisotopic (exact) mass is 314 g/mol. The molecule has 0 heterocycles. The summed E-state index contributed by atoms with van der Waals surface area (Å²) in [5.74, 6) is -7.15. The van der Waals surface area contributed by atoms with Crippen LogP contribution in [-0.4, -0.2) is 56.7 Å². The number of carboxylic acid groups (broad SMARTS) is 3. The van der Waals surface area contributed by atoms with Crippen molar-refractivity contribution >= 4 is 25.2 Å². The van der Waals surface area contributed by atoms with Gasteiger partial charge in [0.05, 0.1) is 5.92 Å². The Balaban J connectivity index is -0.000000113. The van der Waals surface area contributed by atoms with Crippen molar-refractivity contribution in [2.45, 2.75) is 19.5 Å². The first-order chi connectivity index (χ1) is 8.71. The average molecular weight is 314 g/mol. The van der Waals surface area contributed by atoms with E-state index in [0.29, 0.717) is 0 Å². The second-order valence-corrected chi connectivity index (χ2v) is 2.98. The summed E-state index contributed by atoms with van der Waals surface area (Å²) in [6.07, 6.45) is -5.40. The van der Waals surface area contributed by atoms with Crippen molar-refractivity contribution in [3.63, 3.8) is 0 Å². The molecule has 14 heteroatoms. The second kappa shape index (κ2) is 13.7. The molecule has 0 rings (SSSR count). The Bertz CT molecular complexity index is 308. The van der Waals surface area contributed by atoms with Crippen molar-refractivity contribution in [2.75, 3.05) is 0 Å². The van der Waals surface area contributed by atoms with Crippen molar-refractivity contribution in [3.8, 4) is 0 Å². The number of rotatable bonds is 2. The van der Waals surface area contributed by atoms with Gasteiger partial charge < -0.3 is 35.2 Å². The van der Waals surface area contributed by atoms with E-state index in [-0.39, 0.29) is 18.9 Å². The molecule has 0 aliphatic rings. The van der Waals surface area contributed by atoms with Gasteiger partial charge in [0.2, 0.25) is 0 Å². The largest absolute Gasteiger partial charge is 1.00 e. The van der Waals surface area contributed by atoms with Gasteiger partial charge in [0.15, 0.2) is 0 Å². The minimum Gasteiger partial charge on any atom is -0.550 e. The molecule has 9 nitrogen and oxygen atoms in total. The van der Waals surface area contributed by atoms with Crippen molar-refractivity contribution in [1.29, 1.82) is 0 Å². The van der Waals surface area contributed by atoms with Gasteiger partial charge >= 0.3 is 44.3 Å². The Morgan fingerprint density at radius 1 is 1.10 bits per heavy atom. The minimum atomic E-state index is -4.43. The molecule has 0 aromatic rings. The molecule has 0 aromatic heterocycles. The Labute approximate surface area is 128 Å². The van der Waals surface area contributed by atoms with Gasteiger partial charge in [-0.05, 0) is 6.42 Å². The fourth-order valence-electron chi connectivity index (χ4n) is 0.366. The van der Waals surface area contributed by atoms with E-state index in [2.05, 4.69) is 0 Å². The molecule has 118 valence electrons. The van der Waals surface area contributed by atoms with E-state index in [1.807, 2.05) is 0 Å². The molecule has 0 saturated heterocycles. The van der Waals surface area contributed by atoms with Crippen LogP contribution in [0.15, 0.2) is 0 Å². The van der Waals surface area contributed by atoms with E-state index in [1.54, 1.807) is 0 Å². The molecule has 0 saturated carbocycles. The maximum atomic E-state index is 11.5. The standard InChI is InChI=1S/C5H7F3O2.C2H2O4.BH3O3.Li/c1-3(2-4(9)10)5(6,7)8;3-1(4)2(5)6;2-1(3)4;/h3H,2H2,1H3,(H,9,10);(H,3,4)(H,5,6);2-4H;/q;;;+1/p-1.